The van der Waals surface area contributed by atoms with Crippen molar-refractivity contribution in [3.8, 4) is 11.3 Å². The Labute approximate surface area is 118 Å². The Bertz CT molecular complexity index is 556. The van der Waals surface area contributed by atoms with Gasteiger partial charge in [0.25, 0.3) is 0 Å². The van der Waals surface area contributed by atoms with Crippen molar-refractivity contribution in [3.63, 3.8) is 0 Å². The number of rotatable bonds is 5. The minimum absolute atomic E-state index is 0.333. The van der Waals surface area contributed by atoms with Gasteiger partial charge in [-0.25, -0.2) is 0 Å². The molecule has 0 atom stereocenters. The minimum Gasteiger partial charge on any atom is -0.298 e. The zero-order valence-corrected chi connectivity index (χ0v) is 11.9. The number of hydrogen-bond donors (Lipinski definition) is 0. The molecule has 1 aromatic carbocycles. The summed E-state index contributed by atoms with van der Waals surface area (Å²) in [5.41, 5.74) is 2.25. The number of aldehydes is 1. The molecule has 0 N–H and O–H groups in total. The van der Waals surface area contributed by atoms with E-state index in [1.54, 1.807) is 0 Å². The molecule has 0 unspecified atom stereocenters. The molecule has 1 heterocycles. The summed E-state index contributed by atoms with van der Waals surface area (Å²) in [5.74, 6) is 0. The van der Waals surface area contributed by atoms with E-state index in [2.05, 4.69) is 18.9 Å². The first-order valence-electron chi connectivity index (χ1n) is 6.49. The third kappa shape index (κ3) is 2.87. The maximum atomic E-state index is 11.2. The van der Waals surface area contributed by atoms with Gasteiger partial charge in [-0.3, -0.25) is 9.48 Å². The molecular formula is C15H17ClN2O. The first kappa shape index (κ1) is 13.8. The fourth-order valence-corrected chi connectivity index (χ4v) is 2.30. The molecule has 0 bridgehead atoms. The van der Waals surface area contributed by atoms with E-state index in [0.717, 1.165) is 30.4 Å². The van der Waals surface area contributed by atoms with Gasteiger partial charge in [-0.15, -0.1) is 0 Å². The molecule has 0 fully saturated rings. The minimum atomic E-state index is 0.333. The highest BCUT2D eigenvalue weighted by molar-refractivity contribution is 6.30. The van der Waals surface area contributed by atoms with E-state index in [4.69, 9.17) is 11.6 Å². The van der Waals surface area contributed by atoms with Gasteiger partial charge in [0.1, 0.15) is 5.69 Å². The summed E-state index contributed by atoms with van der Waals surface area (Å²) in [6, 6.07) is 7.72. The van der Waals surface area contributed by atoms with E-state index in [1.165, 1.54) is 0 Å². The number of hydrogen-bond acceptors (Lipinski definition) is 2. The van der Waals surface area contributed by atoms with Crippen LogP contribution in [0.4, 0.5) is 0 Å². The average Bonchev–Trinajstić information content (AvgIpc) is 2.85. The van der Waals surface area contributed by atoms with Crippen LogP contribution in [0.15, 0.2) is 30.5 Å². The lowest BCUT2D eigenvalue weighted by Gasteiger charge is -2.12. The van der Waals surface area contributed by atoms with E-state index in [0.29, 0.717) is 16.6 Å². The summed E-state index contributed by atoms with van der Waals surface area (Å²) in [6.45, 7) is 4.25. The molecule has 0 radical (unpaired) electrons. The molecule has 1 aromatic heterocycles. The largest absolute Gasteiger partial charge is 0.298 e. The van der Waals surface area contributed by atoms with Crippen LogP contribution >= 0.6 is 11.6 Å². The van der Waals surface area contributed by atoms with Crippen molar-refractivity contribution in [2.75, 3.05) is 0 Å². The molecule has 2 rings (SSSR count). The fraction of sp³-hybridized carbons (Fsp3) is 0.333. The Morgan fingerprint density at radius 1 is 1.26 bits per heavy atom. The molecule has 2 aromatic rings. The van der Waals surface area contributed by atoms with Crippen LogP contribution in [0.3, 0.4) is 0 Å². The van der Waals surface area contributed by atoms with Gasteiger partial charge in [-0.2, -0.15) is 5.10 Å². The third-order valence-corrected chi connectivity index (χ3v) is 3.57. The topological polar surface area (TPSA) is 34.9 Å². The van der Waals surface area contributed by atoms with Crippen LogP contribution in [-0.4, -0.2) is 16.1 Å². The molecule has 0 aliphatic carbocycles. The third-order valence-electron chi connectivity index (χ3n) is 3.32. The van der Waals surface area contributed by atoms with Gasteiger partial charge in [-0.05, 0) is 25.0 Å². The maximum absolute atomic E-state index is 11.2. The van der Waals surface area contributed by atoms with Gasteiger partial charge >= 0.3 is 0 Å². The summed E-state index contributed by atoms with van der Waals surface area (Å²) in [7, 11) is 0. The SMILES string of the molecule is CCC(CC)n1cc(C=O)c(-c2ccc(Cl)cc2)n1. The van der Waals surface area contributed by atoms with Crippen LogP contribution in [0, 0.1) is 0 Å². The van der Waals surface area contributed by atoms with Crippen LogP contribution in [0.25, 0.3) is 11.3 Å². The van der Waals surface area contributed by atoms with E-state index >= 15 is 0 Å². The molecule has 0 spiro atoms. The summed E-state index contributed by atoms with van der Waals surface area (Å²) in [6.07, 6.45) is 4.68. The summed E-state index contributed by atoms with van der Waals surface area (Å²) in [4.78, 5) is 11.2. The van der Waals surface area contributed by atoms with Gasteiger partial charge < -0.3 is 0 Å². The van der Waals surface area contributed by atoms with E-state index in [9.17, 15) is 4.79 Å². The second-order valence-electron chi connectivity index (χ2n) is 4.51. The molecule has 19 heavy (non-hydrogen) atoms. The second kappa shape index (κ2) is 6.02. The molecule has 4 heteroatoms. The van der Waals surface area contributed by atoms with Gasteiger partial charge in [0.2, 0.25) is 0 Å². The van der Waals surface area contributed by atoms with Crippen molar-refractivity contribution < 1.29 is 4.79 Å². The first-order chi connectivity index (χ1) is 9.19. The molecule has 100 valence electrons. The zero-order valence-electron chi connectivity index (χ0n) is 11.1. The molecule has 0 saturated carbocycles. The number of carbonyl (C=O) groups is 1. The van der Waals surface area contributed by atoms with Crippen molar-refractivity contribution in [3.05, 3.63) is 41.0 Å². The van der Waals surface area contributed by atoms with Gasteiger partial charge in [0.15, 0.2) is 6.29 Å². The Morgan fingerprint density at radius 2 is 1.89 bits per heavy atom. The Morgan fingerprint density at radius 3 is 2.42 bits per heavy atom. The molecule has 0 saturated heterocycles. The normalized spacial score (nSPS) is 10.9. The predicted octanol–water partition coefficient (Wildman–Crippen LogP) is 4.38. The summed E-state index contributed by atoms with van der Waals surface area (Å²) < 4.78 is 1.90. The van der Waals surface area contributed by atoms with Crippen LogP contribution in [-0.2, 0) is 0 Å². The molecule has 0 aliphatic heterocycles. The molecule has 0 aliphatic rings. The Kier molecular flexibility index (Phi) is 4.38. The Balaban J connectivity index is 2.45. The van der Waals surface area contributed by atoms with Gasteiger partial charge in [0.05, 0.1) is 11.6 Å². The van der Waals surface area contributed by atoms with Crippen molar-refractivity contribution in [1.82, 2.24) is 9.78 Å². The first-order valence-corrected chi connectivity index (χ1v) is 6.87. The average molecular weight is 277 g/mol. The number of carbonyl (C=O) groups excluding carboxylic acids is 1. The maximum Gasteiger partial charge on any atom is 0.153 e. The highest BCUT2D eigenvalue weighted by Crippen LogP contribution is 2.25. The van der Waals surface area contributed by atoms with Crippen LogP contribution < -0.4 is 0 Å². The number of aromatic nitrogens is 2. The lowest BCUT2D eigenvalue weighted by molar-refractivity contribution is 0.112. The van der Waals surface area contributed by atoms with Gasteiger partial charge in [-0.1, -0.05) is 37.6 Å². The molecule has 3 nitrogen and oxygen atoms in total. The van der Waals surface area contributed by atoms with Crippen molar-refractivity contribution in [2.45, 2.75) is 32.7 Å². The van der Waals surface area contributed by atoms with E-state index < -0.39 is 0 Å². The predicted molar refractivity (Wildman–Crippen MR) is 77.7 cm³/mol. The smallest absolute Gasteiger partial charge is 0.153 e. The van der Waals surface area contributed by atoms with E-state index in [-0.39, 0.29) is 0 Å². The number of halogens is 1. The standard InChI is InChI=1S/C15H17ClN2O/c1-3-14(4-2)18-9-12(10-19)15(17-18)11-5-7-13(16)8-6-11/h5-10,14H,3-4H2,1-2H3. The highest BCUT2D eigenvalue weighted by Gasteiger charge is 2.14. The lowest BCUT2D eigenvalue weighted by Crippen LogP contribution is -2.07. The van der Waals surface area contributed by atoms with Gasteiger partial charge in [0, 0.05) is 16.8 Å². The Hall–Kier alpha value is -1.61. The van der Waals surface area contributed by atoms with Crippen molar-refractivity contribution in [2.24, 2.45) is 0 Å². The van der Waals surface area contributed by atoms with Crippen molar-refractivity contribution in [1.29, 1.82) is 0 Å². The van der Waals surface area contributed by atoms with E-state index in [1.807, 2.05) is 35.1 Å². The van der Waals surface area contributed by atoms with Crippen LogP contribution in [0.5, 0.6) is 0 Å². The molecular weight excluding hydrogens is 260 g/mol. The summed E-state index contributed by atoms with van der Waals surface area (Å²) in [5, 5.41) is 5.24. The van der Waals surface area contributed by atoms with Crippen LogP contribution in [0.1, 0.15) is 43.1 Å². The molecule has 0 amide bonds. The monoisotopic (exact) mass is 276 g/mol. The van der Waals surface area contributed by atoms with Crippen molar-refractivity contribution >= 4 is 17.9 Å². The quantitative estimate of drug-likeness (QED) is 0.760. The van der Waals surface area contributed by atoms with Crippen LogP contribution in [0.2, 0.25) is 5.02 Å². The number of nitrogens with zero attached hydrogens (tertiary/aromatic N) is 2. The lowest BCUT2D eigenvalue weighted by atomic mass is 10.1. The number of benzene rings is 1. The summed E-state index contributed by atoms with van der Waals surface area (Å²) >= 11 is 5.88. The second-order valence-corrected chi connectivity index (χ2v) is 4.94. The fourth-order valence-electron chi connectivity index (χ4n) is 2.17. The zero-order chi connectivity index (χ0) is 13.8. The highest BCUT2D eigenvalue weighted by atomic mass is 35.5.